The van der Waals surface area contributed by atoms with Gasteiger partial charge >= 0.3 is 0 Å². The second-order valence-corrected chi connectivity index (χ2v) is 7.86. The van der Waals surface area contributed by atoms with Crippen molar-refractivity contribution >= 4 is 0 Å². The van der Waals surface area contributed by atoms with Crippen molar-refractivity contribution in [1.29, 1.82) is 0 Å². The number of hydrogen-bond donors (Lipinski definition) is 5. The van der Waals surface area contributed by atoms with Crippen molar-refractivity contribution in [3.8, 4) is 0 Å². The second kappa shape index (κ2) is 13.1. The van der Waals surface area contributed by atoms with Crippen LogP contribution in [0.2, 0.25) is 0 Å². The third kappa shape index (κ3) is 15.1. The minimum Gasteiger partial charge on any atom is -0.330 e. The molecular weight excluding hydrogens is 286 g/mol. The van der Waals surface area contributed by atoms with E-state index in [2.05, 4.69) is 43.6 Å². The lowest BCUT2D eigenvalue weighted by Gasteiger charge is -2.26. The van der Waals surface area contributed by atoms with Crippen molar-refractivity contribution in [2.45, 2.75) is 77.3 Å². The van der Waals surface area contributed by atoms with Crippen LogP contribution in [0.25, 0.3) is 0 Å². The van der Waals surface area contributed by atoms with Crippen LogP contribution in [0.4, 0.5) is 0 Å². The van der Waals surface area contributed by atoms with Gasteiger partial charge in [-0.15, -0.1) is 0 Å². The molecule has 0 aliphatic heterocycles. The summed E-state index contributed by atoms with van der Waals surface area (Å²) in [6, 6.07) is 0. The Morgan fingerprint density at radius 1 is 0.609 bits per heavy atom. The first-order valence-electron chi connectivity index (χ1n) is 9.44. The number of hydrogen-bond acceptors (Lipinski definition) is 5. The van der Waals surface area contributed by atoms with E-state index in [0.29, 0.717) is 0 Å². The summed E-state index contributed by atoms with van der Waals surface area (Å²) in [4.78, 5) is 0. The molecular formula is C18H43N5. The van der Waals surface area contributed by atoms with Crippen LogP contribution in [-0.4, -0.2) is 50.3 Å². The highest BCUT2D eigenvalue weighted by molar-refractivity contribution is 4.78. The minimum absolute atomic E-state index is 0.164. The van der Waals surface area contributed by atoms with Gasteiger partial charge in [-0.2, -0.15) is 0 Å². The van der Waals surface area contributed by atoms with Crippen LogP contribution in [0.15, 0.2) is 0 Å². The maximum Gasteiger partial charge on any atom is 0.0137 e. The Balaban J connectivity index is 3.42. The molecule has 0 saturated heterocycles. The van der Waals surface area contributed by atoms with Crippen LogP contribution in [0.5, 0.6) is 0 Å². The minimum atomic E-state index is 0.164. The van der Waals surface area contributed by atoms with Crippen LogP contribution in [-0.2, 0) is 0 Å². The molecule has 23 heavy (non-hydrogen) atoms. The summed E-state index contributed by atoms with van der Waals surface area (Å²) in [6.45, 7) is 14.8. The molecule has 0 aromatic carbocycles. The van der Waals surface area contributed by atoms with E-state index in [0.717, 1.165) is 52.1 Å². The average molecular weight is 330 g/mol. The highest BCUT2D eigenvalue weighted by Crippen LogP contribution is 2.12. The van der Waals surface area contributed by atoms with Crippen molar-refractivity contribution in [1.82, 2.24) is 16.0 Å². The van der Waals surface area contributed by atoms with Crippen molar-refractivity contribution in [3.63, 3.8) is 0 Å². The second-order valence-electron chi connectivity index (χ2n) is 7.86. The van der Waals surface area contributed by atoms with E-state index in [1.54, 1.807) is 0 Å². The highest BCUT2D eigenvalue weighted by Gasteiger charge is 2.15. The van der Waals surface area contributed by atoms with Crippen molar-refractivity contribution in [2.24, 2.45) is 11.5 Å². The lowest BCUT2D eigenvalue weighted by atomic mass is 9.97. The molecule has 0 heterocycles. The first-order chi connectivity index (χ1) is 10.8. The lowest BCUT2D eigenvalue weighted by molar-refractivity contribution is 0.346. The third-order valence-corrected chi connectivity index (χ3v) is 4.29. The molecule has 140 valence electrons. The zero-order valence-electron chi connectivity index (χ0n) is 16.1. The SMILES string of the molecule is CC(C)(CCN)NCCCNCCCCC(C)(C)NCCCN. The van der Waals surface area contributed by atoms with E-state index in [1.807, 2.05) is 0 Å². The molecule has 0 amide bonds. The zero-order chi connectivity index (χ0) is 17.6. The lowest BCUT2D eigenvalue weighted by Crippen LogP contribution is -2.42. The maximum absolute atomic E-state index is 5.62. The molecule has 0 rings (SSSR count). The van der Waals surface area contributed by atoms with Gasteiger partial charge in [0.05, 0.1) is 0 Å². The summed E-state index contributed by atoms with van der Waals surface area (Å²) in [5, 5.41) is 10.7. The maximum atomic E-state index is 5.62. The predicted molar refractivity (Wildman–Crippen MR) is 103 cm³/mol. The molecule has 0 aromatic rings. The van der Waals surface area contributed by atoms with E-state index in [1.165, 1.54) is 25.7 Å². The van der Waals surface area contributed by atoms with E-state index < -0.39 is 0 Å². The summed E-state index contributed by atoms with van der Waals surface area (Å²) in [6.07, 6.45) is 6.97. The molecule has 0 aliphatic carbocycles. The molecule has 0 aromatic heterocycles. The number of unbranched alkanes of at least 4 members (excludes halogenated alkanes) is 1. The highest BCUT2D eigenvalue weighted by atomic mass is 15.0. The first-order valence-corrected chi connectivity index (χ1v) is 9.44. The Morgan fingerprint density at radius 3 is 1.78 bits per heavy atom. The molecule has 5 nitrogen and oxygen atoms in total. The average Bonchev–Trinajstić information content (AvgIpc) is 2.45. The van der Waals surface area contributed by atoms with E-state index in [-0.39, 0.29) is 11.1 Å². The Hall–Kier alpha value is -0.200. The molecule has 0 saturated carbocycles. The van der Waals surface area contributed by atoms with Crippen LogP contribution in [0.3, 0.4) is 0 Å². The van der Waals surface area contributed by atoms with Gasteiger partial charge in [0, 0.05) is 11.1 Å². The van der Waals surface area contributed by atoms with Gasteiger partial charge in [-0.1, -0.05) is 6.42 Å². The normalized spacial score (nSPS) is 12.8. The largest absolute Gasteiger partial charge is 0.330 e. The topological polar surface area (TPSA) is 88.1 Å². The van der Waals surface area contributed by atoms with Crippen LogP contribution < -0.4 is 27.4 Å². The molecule has 0 bridgehead atoms. The van der Waals surface area contributed by atoms with Gasteiger partial charge in [0.2, 0.25) is 0 Å². The predicted octanol–water partition coefficient (Wildman–Crippen LogP) is 1.57. The molecule has 0 aliphatic rings. The quantitative estimate of drug-likeness (QED) is 0.277. The van der Waals surface area contributed by atoms with E-state index in [4.69, 9.17) is 11.5 Å². The standard InChI is InChI=1S/C18H43N5/c1-17(2,22-15-7-11-19)9-5-6-13-21-14-8-16-23-18(3,4)10-12-20/h21-23H,5-16,19-20H2,1-4H3. The van der Waals surface area contributed by atoms with Gasteiger partial charge in [0.15, 0.2) is 0 Å². The monoisotopic (exact) mass is 329 g/mol. The van der Waals surface area contributed by atoms with Gasteiger partial charge in [-0.25, -0.2) is 0 Å². The Bertz CT molecular complexity index is 266. The Morgan fingerprint density at radius 2 is 1.17 bits per heavy atom. The van der Waals surface area contributed by atoms with Crippen molar-refractivity contribution in [3.05, 3.63) is 0 Å². The van der Waals surface area contributed by atoms with Gasteiger partial charge in [-0.3, -0.25) is 0 Å². The van der Waals surface area contributed by atoms with Crippen molar-refractivity contribution < 1.29 is 0 Å². The number of nitrogens with two attached hydrogens (primary N) is 2. The van der Waals surface area contributed by atoms with Crippen molar-refractivity contribution in [2.75, 3.05) is 39.3 Å². The molecule has 0 radical (unpaired) electrons. The van der Waals surface area contributed by atoms with Gasteiger partial charge in [0.1, 0.15) is 0 Å². The fourth-order valence-electron chi connectivity index (χ4n) is 2.65. The Kier molecular flexibility index (Phi) is 13.0. The number of nitrogens with one attached hydrogen (secondary N) is 3. The zero-order valence-corrected chi connectivity index (χ0v) is 16.1. The van der Waals surface area contributed by atoms with Crippen LogP contribution >= 0.6 is 0 Å². The van der Waals surface area contributed by atoms with E-state index >= 15 is 0 Å². The summed E-state index contributed by atoms with van der Waals surface area (Å²) in [7, 11) is 0. The van der Waals surface area contributed by atoms with Gasteiger partial charge in [-0.05, 0) is 99.1 Å². The van der Waals surface area contributed by atoms with Gasteiger partial charge in [0.25, 0.3) is 0 Å². The fourth-order valence-corrected chi connectivity index (χ4v) is 2.65. The van der Waals surface area contributed by atoms with Crippen LogP contribution in [0.1, 0.15) is 66.2 Å². The first kappa shape index (κ1) is 22.8. The van der Waals surface area contributed by atoms with E-state index in [9.17, 15) is 0 Å². The smallest absolute Gasteiger partial charge is 0.0137 e. The summed E-state index contributed by atoms with van der Waals surface area (Å²) < 4.78 is 0. The van der Waals surface area contributed by atoms with Crippen LogP contribution in [0, 0.1) is 0 Å². The molecule has 0 spiro atoms. The fraction of sp³-hybridized carbons (Fsp3) is 1.00. The molecule has 0 fully saturated rings. The molecule has 0 atom stereocenters. The van der Waals surface area contributed by atoms with Gasteiger partial charge < -0.3 is 27.4 Å². The summed E-state index contributed by atoms with van der Waals surface area (Å²) in [5.41, 5.74) is 11.5. The summed E-state index contributed by atoms with van der Waals surface area (Å²) in [5.74, 6) is 0. The number of rotatable bonds is 16. The third-order valence-electron chi connectivity index (χ3n) is 4.29. The molecule has 0 unspecified atom stereocenters. The summed E-state index contributed by atoms with van der Waals surface area (Å²) >= 11 is 0. The molecule has 5 heteroatoms. The molecule has 7 N–H and O–H groups in total. The Labute approximate surface area is 144 Å².